The van der Waals surface area contributed by atoms with Crippen molar-refractivity contribution in [1.29, 1.82) is 0 Å². The van der Waals surface area contributed by atoms with E-state index in [0.717, 1.165) is 5.56 Å². The minimum absolute atomic E-state index is 0.0723. The fraction of sp³-hybridized carbons (Fsp3) is 0.188. The minimum atomic E-state index is -3.02. The van der Waals surface area contributed by atoms with Gasteiger partial charge in [-0.05, 0) is 30.3 Å². The standard InChI is InChI=1S/C16H16N4O3S/c1-24(21,22)12-11-20-10-9-17-15(20)13-3-5-14(6-4-13)23-16-18-7-2-8-19-16/h2-10H,11-12H2,1H3. The highest BCUT2D eigenvalue weighted by Gasteiger charge is 2.09. The summed E-state index contributed by atoms with van der Waals surface area (Å²) in [4.78, 5) is 12.3. The maximum absolute atomic E-state index is 11.3. The summed E-state index contributed by atoms with van der Waals surface area (Å²) in [6.07, 6.45) is 7.86. The quantitative estimate of drug-likeness (QED) is 0.681. The summed E-state index contributed by atoms with van der Waals surface area (Å²) < 4.78 is 30.0. The molecular weight excluding hydrogens is 328 g/mol. The zero-order valence-electron chi connectivity index (χ0n) is 13.0. The number of nitrogens with zero attached hydrogens (tertiary/aromatic N) is 4. The lowest BCUT2D eigenvalue weighted by atomic mass is 10.2. The highest BCUT2D eigenvalue weighted by molar-refractivity contribution is 7.90. The van der Waals surface area contributed by atoms with E-state index in [1.807, 2.05) is 16.7 Å². The molecule has 0 amide bonds. The van der Waals surface area contributed by atoms with Gasteiger partial charge in [0.2, 0.25) is 0 Å². The molecule has 0 saturated carbocycles. The van der Waals surface area contributed by atoms with Crippen LogP contribution in [0.25, 0.3) is 11.4 Å². The number of hydrogen-bond acceptors (Lipinski definition) is 6. The van der Waals surface area contributed by atoms with Crippen LogP contribution >= 0.6 is 0 Å². The first kappa shape index (κ1) is 16.1. The Labute approximate surface area is 139 Å². The molecule has 0 aliphatic carbocycles. The molecule has 0 N–H and O–H groups in total. The van der Waals surface area contributed by atoms with Gasteiger partial charge in [-0.2, -0.15) is 0 Å². The molecule has 0 atom stereocenters. The van der Waals surface area contributed by atoms with Crippen LogP contribution in [0, 0.1) is 0 Å². The molecule has 0 unspecified atom stereocenters. The van der Waals surface area contributed by atoms with Gasteiger partial charge in [0, 0.05) is 43.2 Å². The van der Waals surface area contributed by atoms with Crippen molar-refractivity contribution in [3.05, 3.63) is 55.1 Å². The summed E-state index contributed by atoms with van der Waals surface area (Å²) >= 11 is 0. The lowest BCUT2D eigenvalue weighted by Crippen LogP contribution is -2.11. The van der Waals surface area contributed by atoms with Crippen molar-refractivity contribution in [3.63, 3.8) is 0 Å². The Hall–Kier alpha value is -2.74. The molecule has 3 rings (SSSR count). The third kappa shape index (κ3) is 4.17. The second kappa shape index (κ2) is 6.79. The molecule has 1 aromatic carbocycles. The first-order chi connectivity index (χ1) is 11.5. The summed E-state index contributed by atoms with van der Waals surface area (Å²) in [6, 6.07) is 9.30. The van der Waals surface area contributed by atoms with E-state index in [9.17, 15) is 8.42 Å². The third-order valence-electron chi connectivity index (χ3n) is 3.28. The summed E-state index contributed by atoms with van der Waals surface area (Å²) in [6.45, 7) is 0.365. The molecule has 124 valence electrons. The zero-order valence-corrected chi connectivity index (χ0v) is 13.8. The van der Waals surface area contributed by atoms with Crippen LogP contribution in [0.3, 0.4) is 0 Å². The number of hydrogen-bond donors (Lipinski definition) is 0. The molecule has 2 aromatic heterocycles. The van der Waals surface area contributed by atoms with E-state index in [-0.39, 0.29) is 11.8 Å². The summed E-state index contributed by atoms with van der Waals surface area (Å²) in [7, 11) is -3.02. The van der Waals surface area contributed by atoms with Crippen LogP contribution in [0.15, 0.2) is 55.1 Å². The number of imidazole rings is 1. The van der Waals surface area contributed by atoms with Crippen molar-refractivity contribution < 1.29 is 13.2 Å². The Morgan fingerprint density at radius 2 is 1.75 bits per heavy atom. The predicted molar refractivity (Wildman–Crippen MR) is 89.5 cm³/mol. The van der Waals surface area contributed by atoms with Crippen molar-refractivity contribution in [1.82, 2.24) is 19.5 Å². The monoisotopic (exact) mass is 344 g/mol. The maximum atomic E-state index is 11.3. The molecule has 2 heterocycles. The SMILES string of the molecule is CS(=O)(=O)CCn1ccnc1-c1ccc(Oc2ncccn2)cc1. The second-order valence-electron chi connectivity index (χ2n) is 5.23. The number of benzene rings is 1. The fourth-order valence-electron chi connectivity index (χ4n) is 2.13. The van der Waals surface area contributed by atoms with Crippen LogP contribution in [0.1, 0.15) is 0 Å². The minimum Gasteiger partial charge on any atom is -0.424 e. The van der Waals surface area contributed by atoms with Crippen LogP contribution in [-0.2, 0) is 16.4 Å². The first-order valence-electron chi connectivity index (χ1n) is 7.25. The molecule has 0 aliphatic rings. The van der Waals surface area contributed by atoms with Gasteiger partial charge in [-0.15, -0.1) is 0 Å². The van der Waals surface area contributed by atoms with Crippen LogP contribution in [0.4, 0.5) is 0 Å². The number of ether oxygens (including phenoxy) is 1. The first-order valence-corrected chi connectivity index (χ1v) is 9.31. The molecule has 24 heavy (non-hydrogen) atoms. The number of rotatable bonds is 6. The molecular formula is C16H16N4O3S. The molecule has 0 fully saturated rings. The van der Waals surface area contributed by atoms with E-state index in [2.05, 4.69) is 15.0 Å². The topological polar surface area (TPSA) is 87.0 Å². The van der Waals surface area contributed by atoms with Gasteiger partial charge < -0.3 is 9.30 Å². The Kier molecular flexibility index (Phi) is 4.57. The Morgan fingerprint density at radius 1 is 1.04 bits per heavy atom. The van der Waals surface area contributed by atoms with E-state index in [1.165, 1.54) is 6.26 Å². The van der Waals surface area contributed by atoms with Crippen molar-refractivity contribution in [2.24, 2.45) is 0 Å². The highest BCUT2D eigenvalue weighted by atomic mass is 32.2. The second-order valence-corrected chi connectivity index (χ2v) is 7.49. The van der Waals surface area contributed by atoms with Gasteiger partial charge in [-0.1, -0.05) is 0 Å². The molecule has 0 spiro atoms. The Balaban J connectivity index is 1.75. The number of aromatic nitrogens is 4. The lowest BCUT2D eigenvalue weighted by molar-refractivity contribution is 0.442. The van der Waals surface area contributed by atoms with E-state index < -0.39 is 9.84 Å². The molecule has 0 aliphatic heterocycles. The van der Waals surface area contributed by atoms with Crippen molar-refractivity contribution in [3.8, 4) is 23.1 Å². The van der Waals surface area contributed by atoms with Crippen molar-refractivity contribution in [2.45, 2.75) is 6.54 Å². The van der Waals surface area contributed by atoms with Gasteiger partial charge in [0.05, 0.1) is 5.75 Å². The molecule has 3 aromatic rings. The average molecular weight is 344 g/mol. The van der Waals surface area contributed by atoms with Gasteiger partial charge in [0.15, 0.2) is 0 Å². The zero-order chi connectivity index (χ0) is 17.0. The highest BCUT2D eigenvalue weighted by Crippen LogP contribution is 2.23. The lowest BCUT2D eigenvalue weighted by Gasteiger charge is -2.08. The smallest absolute Gasteiger partial charge is 0.321 e. The van der Waals surface area contributed by atoms with E-state index in [4.69, 9.17) is 4.74 Å². The Morgan fingerprint density at radius 3 is 2.42 bits per heavy atom. The summed E-state index contributed by atoms with van der Waals surface area (Å²) in [5.41, 5.74) is 0.870. The molecule has 0 bridgehead atoms. The molecule has 7 nitrogen and oxygen atoms in total. The maximum Gasteiger partial charge on any atom is 0.321 e. The average Bonchev–Trinajstić information content (AvgIpc) is 3.03. The number of aryl methyl sites for hydroxylation is 1. The number of sulfone groups is 1. The molecule has 8 heteroatoms. The van der Waals surface area contributed by atoms with E-state index in [1.54, 1.807) is 43.0 Å². The van der Waals surface area contributed by atoms with Gasteiger partial charge in [0.25, 0.3) is 0 Å². The predicted octanol–water partition coefficient (Wildman–Crippen LogP) is 2.18. The summed E-state index contributed by atoms with van der Waals surface area (Å²) in [5, 5.41) is 0. The fourth-order valence-corrected chi connectivity index (χ4v) is 2.66. The van der Waals surface area contributed by atoms with Gasteiger partial charge >= 0.3 is 6.01 Å². The van der Waals surface area contributed by atoms with E-state index >= 15 is 0 Å². The summed E-state index contributed by atoms with van der Waals surface area (Å²) in [5.74, 6) is 1.39. The molecule has 0 radical (unpaired) electrons. The van der Waals surface area contributed by atoms with E-state index in [0.29, 0.717) is 18.1 Å². The van der Waals surface area contributed by atoms with Gasteiger partial charge in [0.1, 0.15) is 21.4 Å². The normalized spacial score (nSPS) is 11.4. The molecule has 0 saturated heterocycles. The van der Waals surface area contributed by atoms with Crippen molar-refractivity contribution in [2.75, 3.05) is 12.0 Å². The van der Waals surface area contributed by atoms with Gasteiger partial charge in [-0.3, -0.25) is 0 Å². The van der Waals surface area contributed by atoms with Crippen molar-refractivity contribution >= 4 is 9.84 Å². The van der Waals surface area contributed by atoms with Crippen LogP contribution in [0.2, 0.25) is 0 Å². The van der Waals surface area contributed by atoms with Gasteiger partial charge in [-0.25, -0.2) is 23.4 Å². The Bertz CT molecular complexity index is 906. The third-order valence-corrected chi connectivity index (χ3v) is 4.21. The van der Waals surface area contributed by atoms with Crippen LogP contribution in [-0.4, -0.2) is 39.9 Å². The van der Waals surface area contributed by atoms with Crippen LogP contribution in [0.5, 0.6) is 11.8 Å². The van der Waals surface area contributed by atoms with Crippen LogP contribution < -0.4 is 4.74 Å². The largest absolute Gasteiger partial charge is 0.424 e.